The van der Waals surface area contributed by atoms with E-state index in [0.29, 0.717) is 13.0 Å². The second kappa shape index (κ2) is 7.97. The molecular weight excluding hydrogens is 272 g/mol. The van der Waals surface area contributed by atoms with Crippen LogP contribution in [0.15, 0.2) is 54.6 Å². The van der Waals surface area contributed by atoms with E-state index in [1.165, 1.54) is 11.3 Å². The highest BCUT2D eigenvalue weighted by molar-refractivity contribution is 5.53. The smallest absolute Gasteiger partial charge is 0.0705 e. The predicted octanol–water partition coefficient (Wildman–Crippen LogP) is 3.01. The monoisotopic (exact) mass is 298 g/mol. The van der Waals surface area contributed by atoms with E-state index < -0.39 is 0 Å². The van der Waals surface area contributed by atoms with Gasteiger partial charge in [0, 0.05) is 32.4 Å². The summed E-state index contributed by atoms with van der Waals surface area (Å²) in [5.74, 6) is 0. The molecule has 0 aromatic heterocycles. The third-order valence-electron chi connectivity index (χ3n) is 3.86. The number of rotatable bonds is 7. The zero-order chi connectivity index (χ0) is 15.9. The van der Waals surface area contributed by atoms with E-state index in [2.05, 4.69) is 55.5 Å². The van der Waals surface area contributed by atoms with Gasteiger partial charge in [-0.1, -0.05) is 48.5 Å². The molecule has 118 valence electrons. The highest BCUT2D eigenvalue weighted by atomic mass is 16.3. The second-order valence-corrected chi connectivity index (χ2v) is 5.93. The largest absolute Gasteiger partial charge is 0.391 e. The summed E-state index contributed by atoms with van der Waals surface area (Å²) in [5.41, 5.74) is 3.62. The van der Waals surface area contributed by atoms with E-state index in [1.54, 1.807) is 0 Å². The Morgan fingerprint density at radius 2 is 1.64 bits per heavy atom. The quantitative estimate of drug-likeness (QED) is 0.825. The third kappa shape index (κ3) is 4.58. The first-order valence-electron chi connectivity index (χ1n) is 7.79. The van der Waals surface area contributed by atoms with E-state index >= 15 is 0 Å². The molecule has 2 atom stereocenters. The number of para-hydroxylation sites is 1. The molecule has 0 amide bonds. The van der Waals surface area contributed by atoms with E-state index in [4.69, 9.17) is 0 Å². The van der Waals surface area contributed by atoms with Crippen molar-refractivity contribution in [1.29, 1.82) is 0 Å². The van der Waals surface area contributed by atoms with Crippen molar-refractivity contribution in [2.45, 2.75) is 25.5 Å². The molecule has 0 spiro atoms. The molecule has 3 heteroatoms. The normalized spacial score (nSPS) is 13.6. The van der Waals surface area contributed by atoms with Crippen molar-refractivity contribution in [3.05, 3.63) is 65.7 Å². The molecule has 2 aromatic carbocycles. The van der Waals surface area contributed by atoms with E-state index in [0.717, 1.165) is 5.56 Å². The first-order chi connectivity index (χ1) is 10.6. The van der Waals surface area contributed by atoms with Crippen LogP contribution in [0, 0.1) is 0 Å². The van der Waals surface area contributed by atoms with Crippen molar-refractivity contribution in [3.63, 3.8) is 0 Å². The van der Waals surface area contributed by atoms with E-state index in [-0.39, 0.29) is 12.1 Å². The third-order valence-corrected chi connectivity index (χ3v) is 3.86. The molecule has 0 heterocycles. The van der Waals surface area contributed by atoms with Gasteiger partial charge in [0.25, 0.3) is 0 Å². The number of nitrogens with one attached hydrogen (secondary N) is 1. The van der Waals surface area contributed by atoms with Gasteiger partial charge in [-0.25, -0.2) is 0 Å². The Morgan fingerprint density at radius 3 is 2.32 bits per heavy atom. The Morgan fingerprint density at radius 1 is 1.00 bits per heavy atom. The summed E-state index contributed by atoms with van der Waals surface area (Å²) in [7, 11) is 4.10. The molecule has 0 bridgehead atoms. The van der Waals surface area contributed by atoms with Crippen LogP contribution < -0.4 is 10.2 Å². The fourth-order valence-corrected chi connectivity index (χ4v) is 2.64. The highest BCUT2D eigenvalue weighted by Gasteiger charge is 2.13. The standard InChI is InChI=1S/C19H26N2O/c1-15(18-11-7-8-12-19(18)21(2)3)20-14-17(22)13-16-9-5-4-6-10-16/h4-12,15,17,20,22H,13-14H2,1-3H3. The van der Waals surface area contributed by atoms with Crippen molar-refractivity contribution in [1.82, 2.24) is 5.32 Å². The fourth-order valence-electron chi connectivity index (χ4n) is 2.64. The lowest BCUT2D eigenvalue weighted by molar-refractivity contribution is 0.168. The van der Waals surface area contributed by atoms with Crippen LogP contribution >= 0.6 is 0 Å². The molecule has 2 unspecified atom stereocenters. The van der Waals surface area contributed by atoms with Crippen LogP contribution in [0.25, 0.3) is 0 Å². The Hall–Kier alpha value is -1.84. The molecule has 2 aromatic rings. The van der Waals surface area contributed by atoms with E-state index in [9.17, 15) is 5.11 Å². The highest BCUT2D eigenvalue weighted by Crippen LogP contribution is 2.24. The summed E-state index contributed by atoms with van der Waals surface area (Å²) in [6, 6.07) is 18.7. The predicted molar refractivity (Wildman–Crippen MR) is 93.3 cm³/mol. The molecule has 0 aliphatic heterocycles. The van der Waals surface area contributed by atoms with Crippen molar-refractivity contribution in [2.24, 2.45) is 0 Å². The molecule has 0 saturated carbocycles. The van der Waals surface area contributed by atoms with Crippen molar-refractivity contribution < 1.29 is 5.11 Å². The van der Waals surface area contributed by atoms with Gasteiger partial charge in [-0.15, -0.1) is 0 Å². The minimum atomic E-state index is -0.378. The van der Waals surface area contributed by atoms with Gasteiger partial charge in [0.2, 0.25) is 0 Å². The van der Waals surface area contributed by atoms with Gasteiger partial charge in [0.1, 0.15) is 0 Å². The Bertz CT molecular complexity index is 569. The number of hydrogen-bond donors (Lipinski definition) is 2. The summed E-state index contributed by atoms with van der Waals surface area (Å²) < 4.78 is 0. The minimum Gasteiger partial charge on any atom is -0.391 e. The van der Waals surface area contributed by atoms with Gasteiger partial charge in [0.15, 0.2) is 0 Å². The van der Waals surface area contributed by atoms with Crippen molar-refractivity contribution in [2.75, 3.05) is 25.5 Å². The molecule has 22 heavy (non-hydrogen) atoms. The maximum absolute atomic E-state index is 10.2. The van der Waals surface area contributed by atoms with Crippen LogP contribution in [0.4, 0.5) is 5.69 Å². The van der Waals surface area contributed by atoms with Crippen molar-refractivity contribution >= 4 is 5.69 Å². The Labute approximate surface area is 133 Å². The topological polar surface area (TPSA) is 35.5 Å². The molecule has 0 radical (unpaired) electrons. The van der Waals surface area contributed by atoms with Gasteiger partial charge in [-0.05, 0) is 30.5 Å². The molecule has 0 fully saturated rings. The lowest BCUT2D eigenvalue weighted by atomic mass is 10.0. The molecular formula is C19H26N2O. The van der Waals surface area contributed by atoms with Crippen LogP contribution in [0.2, 0.25) is 0 Å². The van der Waals surface area contributed by atoms with Crippen LogP contribution in [0.1, 0.15) is 24.1 Å². The fraction of sp³-hybridized carbons (Fsp3) is 0.368. The average molecular weight is 298 g/mol. The molecule has 2 N–H and O–H groups in total. The average Bonchev–Trinajstić information content (AvgIpc) is 2.53. The minimum absolute atomic E-state index is 0.198. The van der Waals surface area contributed by atoms with Gasteiger partial charge in [-0.3, -0.25) is 0 Å². The Balaban J connectivity index is 1.91. The molecule has 0 aliphatic rings. The van der Waals surface area contributed by atoms with Gasteiger partial charge < -0.3 is 15.3 Å². The SMILES string of the molecule is CC(NCC(O)Cc1ccccc1)c1ccccc1N(C)C. The molecule has 2 rings (SSSR count). The number of anilines is 1. The van der Waals surface area contributed by atoms with Crippen LogP contribution in [0.5, 0.6) is 0 Å². The number of hydrogen-bond acceptors (Lipinski definition) is 3. The van der Waals surface area contributed by atoms with Crippen LogP contribution in [0.3, 0.4) is 0 Å². The maximum atomic E-state index is 10.2. The summed E-state index contributed by atoms with van der Waals surface area (Å²) >= 11 is 0. The van der Waals surface area contributed by atoms with Gasteiger partial charge in [0.05, 0.1) is 6.10 Å². The lowest BCUT2D eigenvalue weighted by Crippen LogP contribution is -2.31. The zero-order valence-electron chi connectivity index (χ0n) is 13.7. The summed E-state index contributed by atoms with van der Waals surface area (Å²) in [6.07, 6.45) is 0.298. The molecule has 0 saturated heterocycles. The summed E-state index contributed by atoms with van der Waals surface area (Å²) in [5, 5.41) is 13.6. The second-order valence-electron chi connectivity index (χ2n) is 5.93. The number of nitrogens with zero attached hydrogens (tertiary/aromatic N) is 1. The van der Waals surface area contributed by atoms with E-state index in [1.807, 2.05) is 30.3 Å². The summed E-state index contributed by atoms with van der Waals surface area (Å²) in [4.78, 5) is 2.12. The lowest BCUT2D eigenvalue weighted by Gasteiger charge is -2.23. The zero-order valence-corrected chi connectivity index (χ0v) is 13.7. The number of benzene rings is 2. The molecule has 0 aliphatic carbocycles. The first kappa shape index (κ1) is 16.5. The van der Waals surface area contributed by atoms with Gasteiger partial charge in [-0.2, -0.15) is 0 Å². The summed E-state index contributed by atoms with van der Waals surface area (Å²) in [6.45, 7) is 2.72. The maximum Gasteiger partial charge on any atom is 0.0705 e. The van der Waals surface area contributed by atoms with Gasteiger partial charge >= 0.3 is 0 Å². The Kier molecular flexibility index (Phi) is 5.99. The van der Waals surface area contributed by atoms with Crippen LogP contribution in [-0.4, -0.2) is 31.9 Å². The molecule has 3 nitrogen and oxygen atoms in total. The van der Waals surface area contributed by atoms with Crippen LogP contribution in [-0.2, 0) is 6.42 Å². The van der Waals surface area contributed by atoms with Crippen molar-refractivity contribution in [3.8, 4) is 0 Å². The first-order valence-corrected chi connectivity index (χ1v) is 7.79. The number of aliphatic hydroxyl groups excluding tert-OH is 1. The number of aliphatic hydroxyl groups is 1.